The van der Waals surface area contributed by atoms with E-state index in [1.54, 1.807) is 4.68 Å². The summed E-state index contributed by atoms with van der Waals surface area (Å²) < 4.78 is 38.9. The van der Waals surface area contributed by atoms with Crippen molar-refractivity contribution in [3.8, 4) is 0 Å². The summed E-state index contributed by atoms with van der Waals surface area (Å²) in [4.78, 5) is 19.6. The fraction of sp³-hybridized carbons (Fsp3) is 0.385. The van der Waals surface area contributed by atoms with Gasteiger partial charge in [-0.15, -0.1) is 0 Å². The summed E-state index contributed by atoms with van der Waals surface area (Å²) in [5, 5.41) is 3.98. The summed E-state index contributed by atoms with van der Waals surface area (Å²) in [5.41, 5.74) is -0.901. The summed E-state index contributed by atoms with van der Waals surface area (Å²) in [5.74, 6) is 0.0811. The molecule has 2 heterocycles. The SMILES string of the molecule is CCCn1ncnc1CC(=O)c1ccc(C(F)(F)F)cn1. The summed E-state index contributed by atoms with van der Waals surface area (Å²) >= 11 is 0. The molecule has 0 N–H and O–H groups in total. The van der Waals surface area contributed by atoms with Crippen LogP contribution >= 0.6 is 0 Å². The van der Waals surface area contributed by atoms with Crippen LogP contribution in [-0.4, -0.2) is 25.5 Å². The van der Waals surface area contributed by atoms with Gasteiger partial charge in [0.25, 0.3) is 0 Å². The third-order valence-corrected chi connectivity index (χ3v) is 2.83. The van der Waals surface area contributed by atoms with Crippen LogP contribution in [-0.2, 0) is 19.1 Å². The van der Waals surface area contributed by atoms with Crippen LogP contribution < -0.4 is 0 Å². The first-order chi connectivity index (χ1) is 9.91. The smallest absolute Gasteiger partial charge is 0.292 e. The van der Waals surface area contributed by atoms with Gasteiger partial charge in [-0.3, -0.25) is 9.78 Å². The quantitative estimate of drug-likeness (QED) is 0.796. The number of hydrogen-bond donors (Lipinski definition) is 0. The Kier molecular flexibility index (Phi) is 4.35. The van der Waals surface area contributed by atoms with Crippen LogP contribution in [0, 0.1) is 0 Å². The van der Waals surface area contributed by atoms with Crippen LogP contribution in [0.3, 0.4) is 0 Å². The van der Waals surface area contributed by atoms with Crippen LogP contribution in [0.2, 0.25) is 0 Å². The number of Topliss-reactive ketones (excluding diaryl/α,β-unsaturated/α-hetero) is 1. The van der Waals surface area contributed by atoms with E-state index >= 15 is 0 Å². The van der Waals surface area contributed by atoms with Crippen molar-refractivity contribution in [3.05, 3.63) is 41.7 Å². The Balaban J connectivity index is 2.11. The van der Waals surface area contributed by atoms with Gasteiger partial charge >= 0.3 is 6.18 Å². The number of carbonyl (C=O) groups excluding carboxylic acids is 1. The molecule has 0 saturated heterocycles. The molecule has 0 aromatic carbocycles. The number of halogens is 3. The third-order valence-electron chi connectivity index (χ3n) is 2.83. The molecule has 0 aliphatic rings. The number of aryl methyl sites for hydroxylation is 1. The first-order valence-corrected chi connectivity index (χ1v) is 6.35. The van der Waals surface area contributed by atoms with Gasteiger partial charge in [-0.05, 0) is 18.6 Å². The zero-order valence-corrected chi connectivity index (χ0v) is 11.3. The number of ketones is 1. The molecule has 0 aliphatic heterocycles. The molecule has 0 amide bonds. The van der Waals surface area contributed by atoms with Gasteiger partial charge < -0.3 is 0 Å². The average molecular weight is 298 g/mol. The molecular weight excluding hydrogens is 285 g/mol. The molecule has 0 bridgehead atoms. The lowest BCUT2D eigenvalue weighted by atomic mass is 10.1. The van der Waals surface area contributed by atoms with E-state index in [0.29, 0.717) is 18.6 Å². The van der Waals surface area contributed by atoms with E-state index in [1.165, 1.54) is 6.33 Å². The first-order valence-electron chi connectivity index (χ1n) is 6.35. The highest BCUT2D eigenvalue weighted by atomic mass is 19.4. The van der Waals surface area contributed by atoms with Gasteiger partial charge in [0.1, 0.15) is 17.8 Å². The summed E-state index contributed by atoms with van der Waals surface area (Å²) in [7, 11) is 0. The Labute approximate surface area is 118 Å². The monoisotopic (exact) mass is 298 g/mol. The van der Waals surface area contributed by atoms with Crippen molar-refractivity contribution in [2.45, 2.75) is 32.5 Å². The number of alkyl halides is 3. The van der Waals surface area contributed by atoms with E-state index in [2.05, 4.69) is 15.1 Å². The van der Waals surface area contributed by atoms with Crippen LogP contribution in [0.5, 0.6) is 0 Å². The molecule has 0 fully saturated rings. The topological polar surface area (TPSA) is 60.7 Å². The average Bonchev–Trinajstić information content (AvgIpc) is 2.86. The minimum Gasteiger partial charge on any atom is -0.292 e. The molecule has 0 unspecified atom stereocenters. The van der Waals surface area contributed by atoms with Crippen molar-refractivity contribution < 1.29 is 18.0 Å². The Morgan fingerprint density at radius 1 is 1.29 bits per heavy atom. The maximum Gasteiger partial charge on any atom is 0.417 e. The number of carbonyl (C=O) groups is 1. The van der Waals surface area contributed by atoms with E-state index in [9.17, 15) is 18.0 Å². The fourth-order valence-electron chi connectivity index (χ4n) is 1.78. The Hall–Kier alpha value is -2.25. The summed E-state index contributed by atoms with van der Waals surface area (Å²) in [6, 6.07) is 1.92. The van der Waals surface area contributed by atoms with Crippen LogP contribution in [0.4, 0.5) is 13.2 Å². The zero-order valence-electron chi connectivity index (χ0n) is 11.3. The van der Waals surface area contributed by atoms with Gasteiger partial charge in [0.15, 0.2) is 5.78 Å². The number of nitrogens with zero attached hydrogens (tertiary/aromatic N) is 4. The Morgan fingerprint density at radius 2 is 2.05 bits per heavy atom. The lowest BCUT2D eigenvalue weighted by Crippen LogP contribution is -2.13. The van der Waals surface area contributed by atoms with Crippen molar-refractivity contribution in [2.75, 3.05) is 0 Å². The summed E-state index contributed by atoms with van der Waals surface area (Å²) in [6.45, 7) is 2.59. The highest BCUT2D eigenvalue weighted by Gasteiger charge is 2.30. The van der Waals surface area contributed by atoms with E-state index < -0.39 is 17.5 Å². The third kappa shape index (κ3) is 3.65. The maximum absolute atomic E-state index is 12.4. The standard InChI is InChI=1S/C13H13F3N4O/c1-2-5-20-12(18-8-19-20)6-11(21)10-4-3-9(7-17-10)13(14,15)16/h3-4,7-8H,2,5-6H2,1H3. The number of pyridine rings is 1. The molecule has 2 rings (SSSR count). The molecular formula is C13H13F3N4O. The molecule has 0 saturated carbocycles. The van der Waals surface area contributed by atoms with Crippen LogP contribution in [0.1, 0.15) is 35.2 Å². The molecule has 5 nitrogen and oxygen atoms in total. The van der Waals surface area contributed by atoms with E-state index in [0.717, 1.165) is 18.6 Å². The van der Waals surface area contributed by atoms with Crippen molar-refractivity contribution in [3.63, 3.8) is 0 Å². The summed E-state index contributed by atoms with van der Waals surface area (Å²) in [6.07, 6.45) is -1.67. The van der Waals surface area contributed by atoms with Gasteiger partial charge in [0, 0.05) is 12.7 Å². The normalized spacial score (nSPS) is 11.6. The minimum absolute atomic E-state index is 0.0194. The second-order valence-electron chi connectivity index (χ2n) is 4.43. The highest BCUT2D eigenvalue weighted by Crippen LogP contribution is 2.28. The molecule has 2 aromatic heterocycles. The van der Waals surface area contributed by atoms with Crippen molar-refractivity contribution in [1.82, 2.24) is 19.7 Å². The predicted octanol–water partition coefficient (Wildman–Crippen LogP) is 2.53. The number of rotatable bonds is 5. The second-order valence-corrected chi connectivity index (χ2v) is 4.43. The minimum atomic E-state index is -4.46. The molecule has 0 aliphatic carbocycles. The molecule has 8 heteroatoms. The van der Waals surface area contributed by atoms with E-state index in [-0.39, 0.29) is 12.1 Å². The van der Waals surface area contributed by atoms with Gasteiger partial charge in [0.05, 0.1) is 12.0 Å². The van der Waals surface area contributed by atoms with Crippen molar-refractivity contribution in [1.29, 1.82) is 0 Å². The van der Waals surface area contributed by atoms with E-state index in [4.69, 9.17) is 0 Å². The van der Waals surface area contributed by atoms with Crippen molar-refractivity contribution in [2.24, 2.45) is 0 Å². The van der Waals surface area contributed by atoms with Gasteiger partial charge in [-0.1, -0.05) is 6.92 Å². The highest BCUT2D eigenvalue weighted by molar-refractivity contribution is 5.95. The molecule has 0 atom stereocenters. The number of aromatic nitrogens is 4. The number of hydrogen-bond acceptors (Lipinski definition) is 4. The Bertz CT molecular complexity index is 619. The first kappa shape index (κ1) is 15.1. The zero-order chi connectivity index (χ0) is 15.5. The van der Waals surface area contributed by atoms with Gasteiger partial charge in [-0.25, -0.2) is 9.67 Å². The molecule has 21 heavy (non-hydrogen) atoms. The van der Waals surface area contributed by atoms with Gasteiger partial charge in [-0.2, -0.15) is 18.3 Å². The fourth-order valence-corrected chi connectivity index (χ4v) is 1.78. The van der Waals surface area contributed by atoms with Crippen LogP contribution in [0.25, 0.3) is 0 Å². The molecule has 112 valence electrons. The lowest BCUT2D eigenvalue weighted by Gasteiger charge is -2.07. The maximum atomic E-state index is 12.4. The largest absolute Gasteiger partial charge is 0.417 e. The van der Waals surface area contributed by atoms with Crippen molar-refractivity contribution >= 4 is 5.78 Å². The lowest BCUT2D eigenvalue weighted by molar-refractivity contribution is -0.137. The Morgan fingerprint density at radius 3 is 2.62 bits per heavy atom. The second kappa shape index (κ2) is 6.02. The van der Waals surface area contributed by atoms with E-state index in [1.807, 2.05) is 6.92 Å². The molecule has 2 aromatic rings. The van der Waals surface area contributed by atoms with Gasteiger partial charge in [0.2, 0.25) is 0 Å². The predicted molar refractivity (Wildman–Crippen MR) is 67.6 cm³/mol. The molecule has 0 spiro atoms. The van der Waals surface area contributed by atoms with Crippen LogP contribution in [0.15, 0.2) is 24.7 Å². The molecule has 0 radical (unpaired) electrons.